The Balaban J connectivity index is 3.81. The Hall–Kier alpha value is -0.220. The molecule has 0 aliphatic rings. The van der Waals surface area contributed by atoms with Crippen LogP contribution in [0.4, 0.5) is 0 Å². The highest BCUT2D eigenvalue weighted by Gasteiger charge is 2.18. The number of nitrogens with one attached hydrogen (secondary N) is 1. The Labute approximate surface area is 97.3 Å². The first-order chi connectivity index (χ1) is 6.76. The molecule has 0 rings (SSSR count). The van der Waals surface area contributed by atoms with E-state index in [0.29, 0.717) is 17.0 Å². The molecule has 0 aliphatic heterocycles. The highest BCUT2D eigenvalue weighted by Crippen LogP contribution is 2.16. The SMILES string of the molecule is CNC(C)C(C)SCC(=O)OC(C)(C)C. The summed E-state index contributed by atoms with van der Waals surface area (Å²) in [6.45, 7) is 9.86. The largest absolute Gasteiger partial charge is 0.459 e. The standard InChI is InChI=1S/C11H23NO2S/c1-8(12-6)9(2)15-7-10(13)14-11(3,4)5/h8-9,12H,7H2,1-6H3. The van der Waals surface area contributed by atoms with Crippen LogP contribution in [0.1, 0.15) is 34.6 Å². The van der Waals surface area contributed by atoms with Gasteiger partial charge in [-0.25, -0.2) is 0 Å². The number of hydrogen-bond acceptors (Lipinski definition) is 4. The first-order valence-corrected chi connectivity index (χ1v) is 6.32. The molecule has 3 nitrogen and oxygen atoms in total. The van der Waals surface area contributed by atoms with Gasteiger partial charge in [0.2, 0.25) is 0 Å². The van der Waals surface area contributed by atoms with Crippen molar-refractivity contribution in [2.75, 3.05) is 12.8 Å². The summed E-state index contributed by atoms with van der Waals surface area (Å²) in [4.78, 5) is 11.4. The van der Waals surface area contributed by atoms with Crippen LogP contribution in [0.3, 0.4) is 0 Å². The fourth-order valence-electron chi connectivity index (χ4n) is 0.950. The van der Waals surface area contributed by atoms with E-state index in [2.05, 4.69) is 19.2 Å². The molecule has 0 radical (unpaired) electrons. The monoisotopic (exact) mass is 233 g/mol. The maximum atomic E-state index is 11.4. The Bertz CT molecular complexity index is 201. The van der Waals surface area contributed by atoms with E-state index in [0.717, 1.165) is 0 Å². The molecule has 0 fully saturated rings. The van der Waals surface area contributed by atoms with Gasteiger partial charge in [-0.15, -0.1) is 11.8 Å². The Kier molecular flexibility index (Phi) is 6.29. The van der Waals surface area contributed by atoms with Crippen molar-refractivity contribution in [3.8, 4) is 0 Å². The summed E-state index contributed by atoms with van der Waals surface area (Å²) in [6, 6.07) is 0.400. The zero-order valence-electron chi connectivity index (χ0n) is 10.6. The molecule has 0 aromatic heterocycles. The second-order valence-electron chi connectivity index (χ2n) is 4.68. The van der Waals surface area contributed by atoms with Crippen LogP contribution < -0.4 is 5.32 Å². The molecular weight excluding hydrogens is 210 g/mol. The number of ether oxygens (including phenoxy) is 1. The van der Waals surface area contributed by atoms with Gasteiger partial charge in [-0.2, -0.15) is 0 Å². The molecule has 0 saturated carbocycles. The normalized spacial score (nSPS) is 15.9. The molecule has 0 saturated heterocycles. The molecule has 0 spiro atoms. The molecule has 0 bridgehead atoms. The fourth-order valence-corrected chi connectivity index (χ4v) is 1.83. The van der Waals surface area contributed by atoms with Crippen molar-refractivity contribution in [1.29, 1.82) is 0 Å². The average Bonchev–Trinajstić information content (AvgIpc) is 2.10. The van der Waals surface area contributed by atoms with Crippen LogP contribution in [0.5, 0.6) is 0 Å². The number of carbonyl (C=O) groups is 1. The van der Waals surface area contributed by atoms with Gasteiger partial charge in [0.1, 0.15) is 5.60 Å². The third-order valence-corrected chi connectivity index (χ3v) is 3.38. The number of esters is 1. The van der Waals surface area contributed by atoms with Crippen molar-refractivity contribution in [3.63, 3.8) is 0 Å². The van der Waals surface area contributed by atoms with Crippen LogP contribution >= 0.6 is 11.8 Å². The van der Waals surface area contributed by atoms with Crippen molar-refractivity contribution in [2.24, 2.45) is 0 Å². The molecule has 0 aliphatic carbocycles. The van der Waals surface area contributed by atoms with E-state index >= 15 is 0 Å². The maximum Gasteiger partial charge on any atom is 0.316 e. The summed E-state index contributed by atoms with van der Waals surface area (Å²) in [6.07, 6.45) is 0. The Morgan fingerprint density at radius 3 is 2.33 bits per heavy atom. The lowest BCUT2D eigenvalue weighted by molar-refractivity contribution is -0.151. The van der Waals surface area contributed by atoms with Gasteiger partial charge in [-0.3, -0.25) is 4.79 Å². The lowest BCUT2D eigenvalue weighted by atomic mass is 10.2. The number of thioether (sulfide) groups is 1. The van der Waals surface area contributed by atoms with Gasteiger partial charge in [0.25, 0.3) is 0 Å². The summed E-state index contributed by atoms with van der Waals surface area (Å²) in [7, 11) is 1.93. The highest BCUT2D eigenvalue weighted by atomic mass is 32.2. The average molecular weight is 233 g/mol. The third-order valence-electron chi connectivity index (χ3n) is 2.04. The molecule has 1 N–H and O–H groups in total. The molecule has 2 atom stereocenters. The van der Waals surface area contributed by atoms with Crippen LogP contribution in [-0.4, -0.2) is 35.7 Å². The summed E-state index contributed by atoms with van der Waals surface area (Å²) < 4.78 is 5.22. The quantitative estimate of drug-likeness (QED) is 0.738. The predicted molar refractivity (Wildman–Crippen MR) is 66.3 cm³/mol. The minimum Gasteiger partial charge on any atom is -0.459 e. The van der Waals surface area contributed by atoms with Crippen LogP contribution in [0.15, 0.2) is 0 Å². The Morgan fingerprint density at radius 2 is 1.93 bits per heavy atom. The van der Waals surface area contributed by atoms with Gasteiger partial charge in [0.15, 0.2) is 0 Å². The highest BCUT2D eigenvalue weighted by molar-refractivity contribution is 8.00. The van der Waals surface area contributed by atoms with Crippen LogP contribution in [-0.2, 0) is 9.53 Å². The number of hydrogen-bond donors (Lipinski definition) is 1. The lowest BCUT2D eigenvalue weighted by Gasteiger charge is -2.21. The molecular formula is C11H23NO2S. The zero-order valence-corrected chi connectivity index (χ0v) is 11.4. The van der Waals surface area contributed by atoms with Gasteiger partial charge in [-0.1, -0.05) is 6.92 Å². The molecule has 4 heteroatoms. The minimum absolute atomic E-state index is 0.136. The van der Waals surface area contributed by atoms with E-state index in [1.165, 1.54) is 0 Å². The molecule has 0 heterocycles. The summed E-state index contributed by atoms with van der Waals surface area (Å²) in [5.41, 5.74) is -0.379. The first kappa shape index (κ1) is 14.8. The van der Waals surface area contributed by atoms with Gasteiger partial charge >= 0.3 is 5.97 Å². The minimum atomic E-state index is -0.379. The van der Waals surface area contributed by atoms with E-state index in [9.17, 15) is 4.79 Å². The number of rotatable bonds is 5. The van der Waals surface area contributed by atoms with Crippen LogP contribution in [0, 0.1) is 0 Å². The smallest absolute Gasteiger partial charge is 0.316 e. The lowest BCUT2D eigenvalue weighted by Crippen LogP contribution is -2.32. The third kappa shape index (κ3) is 7.68. The molecule has 0 aromatic rings. The molecule has 90 valence electrons. The van der Waals surface area contributed by atoms with Crippen molar-refractivity contribution in [3.05, 3.63) is 0 Å². The Morgan fingerprint density at radius 1 is 1.40 bits per heavy atom. The summed E-state index contributed by atoms with van der Waals surface area (Å²) in [5.74, 6) is 0.285. The van der Waals surface area contributed by atoms with Crippen LogP contribution in [0.25, 0.3) is 0 Å². The zero-order chi connectivity index (χ0) is 12.1. The van der Waals surface area contributed by atoms with Crippen LogP contribution in [0.2, 0.25) is 0 Å². The van der Waals surface area contributed by atoms with E-state index in [1.54, 1.807) is 11.8 Å². The topological polar surface area (TPSA) is 38.3 Å². The van der Waals surface area contributed by atoms with Gasteiger partial charge in [-0.05, 0) is 34.7 Å². The fraction of sp³-hybridized carbons (Fsp3) is 0.909. The second kappa shape index (κ2) is 6.38. The van der Waals surface area contributed by atoms with E-state index in [4.69, 9.17) is 4.74 Å². The van der Waals surface area contributed by atoms with E-state index in [-0.39, 0.29) is 11.6 Å². The molecule has 0 aromatic carbocycles. The molecule has 0 amide bonds. The van der Waals surface area contributed by atoms with E-state index < -0.39 is 0 Å². The second-order valence-corrected chi connectivity index (χ2v) is 6.05. The summed E-state index contributed by atoms with van der Waals surface area (Å²) >= 11 is 1.62. The predicted octanol–water partition coefficient (Wildman–Crippen LogP) is 2.06. The van der Waals surface area contributed by atoms with E-state index in [1.807, 2.05) is 27.8 Å². The summed E-state index contributed by atoms with van der Waals surface area (Å²) in [5, 5.41) is 3.57. The number of carbonyl (C=O) groups excluding carboxylic acids is 1. The van der Waals surface area contributed by atoms with Gasteiger partial charge in [0, 0.05) is 11.3 Å². The maximum absolute atomic E-state index is 11.4. The van der Waals surface area contributed by atoms with Crippen molar-refractivity contribution >= 4 is 17.7 Å². The van der Waals surface area contributed by atoms with Crippen molar-refractivity contribution in [2.45, 2.75) is 51.5 Å². The van der Waals surface area contributed by atoms with Crippen molar-refractivity contribution < 1.29 is 9.53 Å². The molecule has 15 heavy (non-hydrogen) atoms. The van der Waals surface area contributed by atoms with Gasteiger partial charge < -0.3 is 10.1 Å². The van der Waals surface area contributed by atoms with Gasteiger partial charge in [0.05, 0.1) is 5.75 Å². The first-order valence-electron chi connectivity index (χ1n) is 5.27. The van der Waals surface area contributed by atoms with Crippen molar-refractivity contribution in [1.82, 2.24) is 5.32 Å². The molecule has 2 unspecified atom stereocenters.